The minimum Gasteiger partial charge on any atom is -0.291 e. The third-order valence-electron chi connectivity index (χ3n) is 7.99. The van der Waals surface area contributed by atoms with Crippen LogP contribution in [0.25, 0.3) is 0 Å². The Bertz CT molecular complexity index is 496. The Morgan fingerprint density at radius 2 is 1.76 bits per heavy atom. The summed E-state index contributed by atoms with van der Waals surface area (Å²) in [4.78, 5) is 24.5. The summed E-state index contributed by atoms with van der Waals surface area (Å²) in [6, 6.07) is 0. The van der Waals surface area contributed by atoms with Gasteiger partial charge >= 0.3 is 0 Å². The van der Waals surface area contributed by atoms with Gasteiger partial charge in [0.05, 0.1) is 0 Å². The van der Waals surface area contributed by atoms with Crippen LogP contribution in [0, 0.1) is 34.5 Å². The maximum atomic E-state index is 12.5. The molecule has 0 aromatic rings. The average molecular weight is 288 g/mol. The van der Waals surface area contributed by atoms with E-state index < -0.39 is 0 Å². The molecular formula is C19H28O2. The fourth-order valence-corrected chi connectivity index (χ4v) is 6.91. The molecule has 0 N–H and O–H groups in total. The van der Waals surface area contributed by atoms with E-state index >= 15 is 0 Å². The van der Waals surface area contributed by atoms with Crippen molar-refractivity contribution >= 4 is 11.6 Å². The molecule has 0 unspecified atom stereocenters. The Morgan fingerprint density at radius 1 is 0.952 bits per heavy atom. The lowest BCUT2D eigenvalue weighted by molar-refractivity contribution is -0.143. The first-order valence-electron chi connectivity index (χ1n) is 9.03. The smallest absolute Gasteiger partial charge is 0.202 e. The number of fused-ring (bicyclic) bond motifs is 5. The third-order valence-corrected chi connectivity index (χ3v) is 7.99. The monoisotopic (exact) mass is 288 g/mol. The van der Waals surface area contributed by atoms with Crippen molar-refractivity contribution in [3.63, 3.8) is 0 Å². The Morgan fingerprint density at radius 3 is 2.57 bits per heavy atom. The van der Waals surface area contributed by atoms with Gasteiger partial charge in [0, 0.05) is 12.3 Å². The zero-order valence-electron chi connectivity index (χ0n) is 13.5. The molecule has 4 aliphatic rings. The van der Waals surface area contributed by atoms with Crippen LogP contribution in [-0.2, 0) is 9.59 Å². The molecule has 4 rings (SSSR count). The van der Waals surface area contributed by atoms with Crippen LogP contribution >= 0.6 is 0 Å². The molecule has 6 atom stereocenters. The van der Waals surface area contributed by atoms with Crippen molar-refractivity contribution in [1.29, 1.82) is 0 Å². The Balaban J connectivity index is 1.70. The van der Waals surface area contributed by atoms with E-state index in [9.17, 15) is 9.59 Å². The first-order chi connectivity index (χ1) is 9.96. The second-order valence-corrected chi connectivity index (χ2v) is 8.93. The number of carbonyl (C=O) groups excluding carboxylic acids is 2. The number of ketones is 2. The molecule has 0 aromatic heterocycles. The predicted octanol–water partition coefficient (Wildman–Crippen LogP) is 4.17. The number of Topliss-reactive ketones (excluding diaryl/α,β-unsaturated/α-hetero) is 2. The summed E-state index contributed by atoms with van der Waals surface area (Å²) in [6.07, 6.45) is 10.9. The highest BCUT2D eigenvalue weighted by molar-refractivity contribution is 6.40. The van der Waals surface area contributed by atoms with Crippen LogP contribution in [0.2, 0.25) is 0 Å². The van der Waals surface area contributed by atoms with Crippen molar-refractivity contribution in [3.8, 4) is 0 Å². The molecule has 0 aliphatic heterocycles. The third kappa shape index (κ3) is 1.77. The molecule has 0 radical (unpaired) electrons. The quantitative estimate of drug-likeness (QED) is 0.627. The molecule has 2 nitrogen and oxygen atoms in total. The molecule has 21 heavy (non-hydrogen) atoms. The summed E-state index contributed by atoms with van der Waals surface area (Å²) in [7, 11) is 0. The topological polar surface area (TPSA) is 34.1 Å². The predicted molar refractivity (Wildman–Crippen MR) is 81.7 cm³/mol. The Hall–Kier alpha value is -0.660. The van der Waals surface area contributed by atoms with Gasteiger partial charge in [0.25, 0.3) is 0 Å². The van der Waals surface area contributed by atoms with Crippen molar-refractivity contribution in [1.82, 2.24) is 0 Å². The molecule has 0 heterocycles. The fourth-order valence-electron chi connectivity index (χ4n) is 6.91. The van der Waals surface area contributed by atoms with Gasteiger partial charge in [-0.2, -0.15) is 0 Å². The van der Waals surface area contributed by atoms with E-state index in [1.54, 1.807) is 0 Å². The molecule has 4 fully saturated rings. The Kier molecular flexibility index (Phi) is 2.94. The van der Waals surface area contributed by atoms with Crippen LogP contribution in [0.3, 0.4) is 0 Å². The van der Waals surface area contributed by atoms with E-state index in [0.717, 1.165) is 12.3 Å². The van der Waals surface area contributed by atoms with Crippen molar-refractivity contribution in [3.05, 3.63) is 0 Å². The van der Waals surface area contributed by atoms with Gasteiger partial charge in [-0.3, -0.25) is 9.59 Å². The SMILES string of the molecule is C[C@]12CC[C@H]3[C@@H](CC[C@H]4CCCC[C@@]43C)[C@@H]1C(=O)C(=O)C2. The van der Waals surface area contributed by atoms with Crippen molar-refractivity contribution < 1.29 is 9.59 Å². The van der Waals surface area contributed by atoms with E-state index in [4.69, 9.17) is 0 Å². The number of rotatable bonds is 0. The van der Waals surface area contributed by atoms with Crippen LogP contribution in [0.4, 0.5) is 0 Å². The van der Waals surface area contributed by atoms with Gasteiger partial charge in [-0.1, -0.05) is 26.7 Å². The summed E-state index contributed by atoms with van der Waals surface area (Å²) in [6.45, 7) is 4.73. The molecule has 4 saturated carbocycles. The lowest BCUT2D eigenvalue weighted by Gasteiger charge is -2.59. The second kappa shape index (κ2) is 4.43. The zero-order valence-corrected chi connectivity index (χ0v) is 13.5. The molecular weight excluding hydrogens is 260 g/mol. The van der Waals surface area contributed by atoms with Gasteiger partial charge in [0.2, 0.25) is 5.78 Å². The first kappa shape index (κ1) is 14.0. The largest absolute Gasteiger partial charge is 0.291 e. The minimum absolute atomic E-state index is 0.00675. The number of hydrogen-bond donors (Lipinski definition) is 0. The standard InChI is InChI=1S/C19H28O2/c1-18-10-8-14-13(16(18)17(21)15(20)11-18)7-6-12-5-3-4-9-19(12,14)2/h12-14,16H,3-11H2,1-2H3/t12-,13-,14+,16-,18-,19+/m1/s1. The lowest BCUT2D eigenvalue weighted by Crippen LogP contribution is -2.53. The molecule has 0 aromatic carbocycles. The van der Waals surface area contributed by atoms with Gasteiger partial charge in [-0.05, 0) is 67.1 Å². The summed E-state index contributed by atoms with van der Waals surface area (Å²) in [5, 5.41) is 0. The highest BCUT2D eigenvalue weighted by Crippen LogP contribution is 2.64. The van der Waals surface area contributed by atoms with Crippen LogP contribution < -0.4 is 0 Å². The number of carbonyl (C=O) groups is 2. The molecule has 0 bridgehead atoms. The lowest BCUT2D eigenvalue weighted by atomic mass is 9.45. The van der Waals surface area contributed by atoms with E-state index in [0.29, 0.717) is 23.7 Å². The summed E-state index contributed by atoms with van der Waals surface area (Å²) in [5.74, 6) is 2.06. The van der Waals surface area contributed by atoms with Gasteiger partial charge in [-0.25, -0.2) is 0 Å². The van der Waals surface area contributed by atoms with Crippen LogP contribution in [0.5, 0.6) is 0 Å². The summed E-state index contributed by atoms with van der Waals surface area (Å²) < 4.78 is 0. The van der Waals surface area contributed by atoms with Crippen molar-refractivity contribution in [2.75, 3.05) is 0 Å². The normalized spacial score (nSPS) is 53.0. The number of hydrogen-bond acceptors (Lipinski definition) is 2. The van der Waals surface area contributed by atoms with E-state index in [2.05, 4.69) is 13.8 Å². The Labute approximate surface area is 128 Å². The van der Waals surface area contributed by atoms with Crippen LogP contribution in [0.15, 0.2) is 0 Å². The van der Waals surface area contributed by atoms with E-state index in [1.807, 2.05) is 0 Å². The van der Waals surface area contributed by atoms with Gasteiger partial charge in [-0.15, -0.1) is 0 Å². The highest BCUT2D eigenvalue weighted by Gasteiger charge is 2.61. The first-order valence-corrected chi connectivity index (χ1v) is 9.03. The molecule has 2 heteroatoms. The van der Waals surface area contributed by atoms with Crippen molar-refractivity contribution in [2.24, 2.45) is 34.5 Å². The fraction of sp³-hybridized carbons (Fsp3) is 0.895. The molecule has 0 saturated heterocycles. The van der Waals surface area contributed by atoms with E-state index in [1.165, 1.54) is 44.9 Å². The van der Waals surface area contributed by atoms with E-state index in [-0.39, 0.29) is 22.9 Å². The maximum absolute atomic E-state index is 12.5. The van der Waals surface area contributed by atoms with Crippen LogP contribution in [0.1, 0.15) is 71.6 Å². The highest BCUT2D eigenvalue weighted by atomic mass is 16.2. The maximum Gasteiger partial charge on any atom is 0.202 e. The van der Waals surface area contributed by atoms with Gasteiger partial charge in [0.15, 0.2) is 5.78 Å². The van der Waals surface area contributed by atoms with Gasteiger partial charge in [0.1, 0.15) is 0 Å². The summed E-state index contributed by atoms with van der Waals surface area (Å²) >= 11 is 0. The molecule has 4 aliphatic carbocycles. The summed E-state index contributed by atoms with van der Waals surface area (Å²) in [5.41, 5.74) is 0.446. The molecule has 116 valence electrons. The van der Waals surface area contributed by atoms with Crippen LogP contribution in [-0.4, -0.2) is 11.6 Å². The van der Waals surface area contributed by atoms with Gasteiger partial charge < -0.3 is 0 Å². The minimum atomic E-state index is -0.0703. The average Bonchev–Trinajstić information content (AvgIpc) is 2.68. The molecule has 0 amide bonds. The van der Waals surface area contributed by atoms with Crippen molar-refractivity contribution in [2.45, 2.75) is 71.6 Å². The second-order valence-electron chi connectivity index (χ2n) is 8.93. The molecule has 0 spiro atoms. The zero-order chi connectivity index (χ0) is 14.8.